The Labute approximate surface area is 115 Å². The number of carboxylic acid groups (broad SMARTS) is 1. The third-order valence-electron chi connectivity index (χ3n) is 3.16. The van der Waals surface area contributed by atoms with Crippen LogP contribution in [0.15, 0.2) is 55.0 Å². The minimum Gasteiger partial charge on any atom is -0.481 e. The molecule has 0 atom stereocenters. The number of hydrogen-bond donors (Lipinski definition) is 1. The Hall–Kier alpha value is -2.69. The zero-order valence-corrected chi connectivity index (χ0v) is 10.8. The summed E-state index contributed by atoms with van der Waals surface area (Å²) in [4.78, 5) is 10.5. The highest BCUT2D eigenvalue weighted by atomic mass is 16.4. The number of aromatic nitrogens is 3. The Kier molecular flexibility index (Phi) is 3.16. The lowest BCUT2D eigenvalue weighted by molar-refractivity contribution is -0.695. The standard InChI is InChI=1S/C15H13N3O2/c19-15(20)7-11-17-9-5-12(6-10-17)14-4-3-13-2-1-8-18(13)16-14/h1-6,8-10H,7,11H2/p+1. The molecule has 0 aromatic carbocycles. The van der Waals surface area contributed by atoms with E-state index in [9.17, 15) is 4.79 Å². The van der Waals surface area contributed by atoms with E-state index in [0.717, 1.165) is 16.8 Å². The molecule has 0 aliphatic rings. The summed E-state index contributed by atoms with van der Waals surface area (Å²) in [6.07, 6.45) is 5.78. The van der Waals surface area contributed by atoms with Gasteiger partial charge in [0.25, 0.3) is 0 Å². The number of aryl methyl sites for hydroxylation is 1. The van der Waals surface area contributed by atoms with E-state index in [0.29, 0.717) is 6.54 Å². The minimum atomic E-state index is -0.790. The molecule has 0 bridgehead atoms. The van der Waals surface area contributed by atoms with Crippen LogP contribution in [-0.2, 0) is 11.3 Å². The molecule has 3 rings (SSSR count). The third-order valence-corrected chi connectivity index (χ3v) is 3.16. The lowest BCUT2D eigenvalue weighted by Crippen LogP contribution is -2.33. The van der Waals surface area contributed by atoms with Crippen LogP contribution in [0.2, 0.25) is 0 Å². The quantitative estimate of drug-likeness (QED) is 0.734. The topological polar surface area (TPSA) is 58.5 Å². The minimum absolute atomic E-state index is 0.123. The van der Waals surface area contributed by atoms with Crippen molar-refractivity contribution >= 4 is 11.5 Å². The molecule has 20 heavy (non-hydrogen) atoms. The van der Waals surface area contributed by atoms with Crippen LogP contribution < -0.4 is 4.57 Å². The summed E-state index contributed by atoms with van der Waals surface area (Å²) in [7, 11) is 0. The Morgan fingerprint density at radius 1 is 1.20 bits per heavy atom. The predicted molar refractivity (Wildman–Crippen MR) is 73.1 cm³/mol. The number of nitrogens with zero attached hydrogens (tertiary/aromatic N) is 3. The average Bonchev–Trinajstić information content (AvgIpc) is 2.93. The van der Waals surface area contributed by atoms with E-state index in [4.69, 9.17) is 5.11 Å². The lowest BCUT2D eigenvalue weighted by Gasteiger charge is -2.01. The summed E-state index contributed by atoms with van der Waals surface area (Å²) < 4.78 is 3.69. The molecular formula is C15H14N3O2+. The Balaban J connectivity index is 1.84. The molecule has 3 heterocycles. The van der Waals surface area contributed by atoms with E-state index < -0.39 is 5.97 Å². The molecule has 0 amide bonds. The maximum absolute atomic E-state index is 10.5. The van der Waals surface area contributed by atoms with Gasteiger partial charge in [0.15, 0.2) is 18.9 Å². The van der Waals surface area contributed by atoms with Crippen LogP contribution in [0, 0.1) is 0 Å². The van der Waals surface area contributed by atoms with Gasteiger partial charge in [0.2, 0.25) is 0 Å². The second-order valence-electron chi connectivity index (χ2n) is 4.56. The van der Waals surface area contributed by atoms with E-state index in [1.54, 1.807) is 0 Å². The van der Waals surface area contributed by atoms with Crippen molar-refractivity contribution in [2.75, 3.05) is 0 Å². The van der Waals surface area contributed by atoms with Crippen LogP contribution >= 0.6 is 0 Å². The third kappa shape index (κ3) is 2.51. The van der Waals surface area contributed by atoms with Crippen molar-refractivity contribution in [2.45, 2.75) is 13.0 Å². The number of hydrogen-bond acceptors (Lipinski definition) is 2. The van der Waals surface area contributed by atoms with Crippen LogP contribution in [0.4, 0.5) is 0 Å². The molecule has 0 aliphatic carbocycles. The molecule has 1 N–H and O–H groups in total. The van der Waals surface area contributed by atoms with E-state index >= 15 is 0 Å². The van der Waals surface area contributed by atoms with Crippen molar-refractivity contribution in [1.82, 2.24) is 9.61 Å². The largest absolute Gasteiger partial charge is 0.481 e. The van der Waals surface area contributed by atoms with Crippen LogP contribution in [0.3, 0.4) is 0 Å². The fourth-order valence-corrected chi connectivity index (χ4v) is 2.08. The lowest BCUT2D eigenvalue weighted by atomic mass is 10.2. The number of rotatable bonds is 4. The highest BCUT2D eigenvalue weighted by molar-refractivity contribution is 5.66. The number of carbonyl (C=O) groups is 1. The van der Waals surface area contributed by atoms with Crippen LogP contribution in [0.25, 0.3) is 16.8 Å². The van der Waals surface area contributed by atoms with E-state index in [1.807, 2.05) is 64.1 Å². The highest BCUT2D eigenvalue weighted by Crippen LogP contribution is 2.15. The van der Waals surface area contributed by atoms with Gasteiger partial charge >= 0.3 is 5.97 Å². The highest BCUT2D eigenvalue weighted by Gasteiger charge is 2.07. The first-order chi connectivity index (χ1) is 9.72. The summed E-state index contributed by atoms with van der Waals surface area (Å²) in [5.41, 5.74) is 2.95. The smallest absolute Gasteiger partial charge is 0.309 e. The molecule has 0 saturated heterocycles. The monoisotopic (exact) mass is 268 g/mol. The van der Waals surface area contributed by atoms with Gasteiger partial charge in [-0.2, -0.15) is 5.10 Å². The van der Waals surface area contributed by atoms with Crippen LogP contribution in [0.1, 0.15) is 6.42 Å². The van der Waals surface area contributed by atoms with Gasteiger partial charge in [-0.05, 0) is 24.3 Å². The first-order valence-electron chi connectivity index (χ1n) is 6.38. The fourth-order valence-electron chi connectivity index (χ4n) is 2.08. The molecule has 100 valence electrons. The SMILES string of the molecule is O=C(O)CC[n+]1ccc(-c2ccc3cccn3n2)cc1. The molecule has 5 heteroatoms. The summed E-state index contributed by atoms with van der Waals surface area (Å²) in [5.74, 6) is -0.790. The number of carboxylic acids is 1. The predicted octanol–water partition coefficient (Wildman–Crippen LogP) is 1.76. The van der Waals surface area contributed by atoms with E-state index in [1.165, 1.54) is 0 Å². The van der Waals surface area contributed by atoms with Crippen molar-refractivity contribution in [1.29, 1.82) is 0 Å². The zero-order chi connectivity index (χ0) is 13.9. The molecule has 5 nitrogen and oxygen atoms in total. The fraction of sp³-hybridized carbons (Fsp3) is 0.133. The number of pyridine rings is 1. The zero-order valence-electron chi connectivity index (χ0n) is 10.8. The normalized spacial score (nSPS) is 10.8. The molecule has 3 aromatic rings. The maximum atomic E-state index is 10.5. The van der Waals surface area contributed by atoms with Crippen molar-refractivity contribution in [3.63, 3.8) is 0 Å². The molecule has 0 aliphatic heterocycles. The Morgan fingerprint density at radius 2 is 2.00 bits per heavy atom. The second-order valence-corrected chi connectivity index (χ2v) is 4.56. The van der Waals surface area contributed by atoms with Gasteiger partial charge in [-0.1, -0.05) is 0 Å². The van der Waals surface area contributed by atoms with Gasteiger partial charge in [0, 0.05) is 23.9 Å². The van der Waals surface area contributed by atoms with Gasteiger partial charge < -0.3 is 5.11 Å². The molecule has 0 spiro atoms. The molecule has 3 aromatic heterocycles. The first-order valence-corrected chi connectivity index (χ1v) is 6.38. The summed E-state index contributed by atoms with van der Waals surface area (Å²) in [6, 6.07) is 11.8. The first kappa shape index (κ1) is 12.3. The van der Waals surface area contributed by atoms with Crippen LogP contribution in [-0.4, -0.2) is 20.7 Å². The van der Waals surface area contributed by atoms with E-state index in [2.05, 4.69) is 5.10 Å². The van der Waals surface area contributed by atoms with Crippen molar-refractivity contribution in [3.05, 3.63) is 55.0 Å². The van der Waals surface area contributed by atoms with Gasteiger partial charge in [0.1, 0.15) is 6.42 Å². The average molecular weight is 268 g/mol. The Bertz CT molecular complexity index is 747. The molecule has 0 saturated carbocycles. The van der Waals surface area contributed by atoms with Gasteiger partial charge in [-0.25, -0.2) is 9.08 Å². The van der Waals surface area contributed by atoms with E-state index in [-0.39, 0.29) is 6.42 Å². The van der Waals surface area contributed by atoms with Gasteiger partial charge in [-0.3, -0.25) is 4.79 Å². The summed E-state index contributed by atoms with van der Waals surface area (Å²) in [5, 5.41) is 13.2. The summed E-state index contributed by atoms with van der Waals surface area (Å²) >= 11 is 0. The van der Waals surface area contributed by atoms with Crippen molar-refractivity contribution in [3.8, 4) is 11.3 Å². The number of fused-ring (bicyclic) bond motifs is 1. The van der Waals surface area contributed by atoms with Crippen molar-refractivity contribution in [2.24, 2.45) is 0 Å². The second kappa shape index (κ2) is 5.13. The maximum Gasteiger partial charge on any atom is 0.309 e. The molecule has 0 fully saturated rings. The van der Waals surface area contributed by atoms with Gasteiger partial charge in [-0.15, -0.1) is 0 Å². The molecule has 0 unspecified atom stereocenters. The Morgan fingerprint density at radius 3 is 2.75 bits per heavy atom. The van der Waals surface area contributed by atoms with Gasteiger partial charge in [0.05, 0.1) is 11.2 Å². The van der Waals surface area contributed by atoms with Crippen LogP contribution in [0.5, 0.6) is 0 Å². The molecular weight excluding hydrogens is 254 g/mol. The van der Waals surface area contributed by atoms with Crippen molar-refractivity contribution < 1.29 is 14.5 Å². The number of aliphatic carboxylic acids is 1. The molecule has 0 radical (unpaired) electrons. The summed E-state index contributed by atoms with van der Waals surface area (Å²) in [6.45, 7) is 0.472.